The second-order valence-electron chi connectivity index (χ2n) is 6.17. The van der Waals surface area contributed by atoms with Crippen molar-refractivity contribution in [2.45, 2.75) is 13.8 Å². The quantitative estimate of drug-likeness (QED) is 0.887. The monoisotopic (exact) mass is 377 g/mol. The molecule has 26 heavy (non-hydrogen) atoms. The summed E-state index contributed by atoms with van der Waals surface area (Å²) in [6.45, 7) is 7.94. The molecule has 0 unspecified atom stereocenters. The van der Waals surface area contributed by atoms with Crippen molar-refractivity contribution in [3.05, 3.63) is 46.6 Å². The summed E-state index contributed by atoms with van der Waals surface area (Å²) in [5, 5.41) is 3.07. The Kier molecular flexibility index (Phi) is 5.68. The lowest BCUT2D eigenvalue weighted by molar-refractivity contribution is 0.0637. The minimum Gasteiger partial charge on any atom is -0.340 e. The van der Waals surface area contributed by atoms with Gasteiger partial charge in [0.05, 0.1) is 5.02 Å². The lowest BCUT2D eigenvalue weighted by atomic mass is 10.2. The molecular weight excluding hydrogens is 357 g/mol. The number of carbonyl (C=O) groups is 1. The maximum Gasteiger partial charge on any atom is 0.272 e. The molecule has 1 aromatic carbocycles. The Morgan fingerprint density at radius 1 is 1.23 bits per heavy atom. The first-order valence-electron chi connectivity index (χ1n) is 8.55. The number of halogens is 2. The predicted octanol–water partition coefficient (Wildman–Crippen LogP) is 3.10. The van der Waals surface area contributed by atoms with E-state index in [-0.39, 0.29) is 10.9 Å². The van der Waals surface area contributed by atoms with Crippen molar-refractivity contribution in [3.63, 3.8) is 0 Å². The summed E-state index contributed by atoms with van der Waals surface area (Å²) >= 11 is 5.81. The van der Waals surface area contributed by atoms with E-state index in [1.807, 2.05) is 4.90 Å². The third-order valence-corrected chi connectivity index (χ3v) is 4.65. The minimum atomic E-state index is -0.488. The molecular formula is C18H21ClFN5O. The Labute approximate surface area is 157 Å². The largest absolute Gasteiger partial charge is 0.340 e. The number of amides is 1. The van der Waals surface area contributed by atoms with E-state index < -0.39 is 5.82 Å². The Bertz CT molecular complexity index is 808. The summed E-state index contributed by atoms with van der Waals surface area (Å²) in [4.78, 5) is 25.5. The van der Waals surface area contributed by atoms with Crippen molar-refractivity contribution in [2.75, 3.05) is 38.0 Å². The van der Waals surface area contributed by atoms with Crippen molar-refractivity contribution in [1.82, 2.24) is 19.8 Å². The molecule has 0 radical (unpaired) electrons. The normalized spacial score (nSPS) is 15.2. The van der Waals surface area contributed by atoms with Crippen LogP contribution < -0.4 is 5.32 Å². The summed E-state index contributed by atoms with van der Waals surface area (Å²) in [6, 6.07) is 5.92. The van der Waals surface area contributed by atoms with Crippen molar-refractivity contribution in [1.29, 1.82) is 0 Å². The maximum atomic E-state index is 13.3. The van der Waals surface area contributed by atoms with Crippen molar-refractivity contribution < 1.29 is 9.18 Å². The molecule has 0 saturated carbocycles. The molecule has 0 aliphatic carbocycles. The number of nitrogens with one attached hydrogen (secondary N) is 1. The van der Waals surface area contributed by atoms with Crippen LogP contribution in [0.4, 0.5) is 15.9 Å². The number of carbonyl (C=O) groups excluding carboxylic acids is 1. The molecule has 3 rings (SSSR count). The van der Waals surface area contributed by atoms with Gasteiger partial charge in [-0.15, -0.1) is 0 Å². The van der Waals surface area contributed by atoms with E-state index in [0.29, 0.717) is 36.1 Å². The van der Waals surface area contributed by atoms with Crippen LogP contribution in [0.3, 0.4) is 0 Å². The summed E-state index contributed by atoms with van der Waals surface area (Å²) < 4.78 is 13.3. The smallest absolute Gasteiger partial charge is 0.272 e. The van der Waals surface area contributed by atoms with Crippen LogP contribution >= 0.6 is 11.6 Å². The second-order valence-corrected chi connectivity index (χ2v) is 6.57. The van der Waals surface area contributed by atoms with E-state index >= 15 is 0 Å². The molecule has 1 aromatic heterocycles. The fourth-order valence-electron chi connectivity index (χ4n) is 2.89. The van der Waals surface area contributed by atoms with Gasteiger partial charge in [-0.3, -0.25) is 4.79 Å². The number of aryl methyl sites for hydroxylation is 1. The van der Waals surface area contributed by atoms with E-state index in [1.54, 1.807) is 19.1 Å². The molecule has 138 valence electrons. The molecule has 2 heterocycles. The average Bonchev–Trinajstić information content (AvgIpc) is 2.64. The summed E-state index contributed by atoms with van der Waals surface area (Å²) in [6.07, 6.45) is 0. The first kappa shape index (κ1) is 18.5. The molecule has 0 atom stereocenters. The van der Waals surface area contributed by atoms with Gasteiger partial charge in [0.1, 0.15) is 23.2 Å². The van der Waals surface area contributed by atoms with Crippen LogP contribution in [0.15, 0.2) is 24.3 Å². The van der Waals surface area contributed by atoms with E-state index in [9.17, 15) is 9.18 Å². The van der Waals surface area contributed by atoms with Gasteiger partial charge in [-0.2, -0.15) is 0 Å². The van der Waals surface area contributed by atoms with Crippen molar-refractivity contribution in [2.24, 2.45) is 0 Å². The first-order chi connectivity index (χ1) is 12.5. The number of benzene rings is 1. The zero-order valence-corrected chi connectivity index (χ0v) is 15.6. The van der Waals surface area contributed by atoms with Crippen molar-refractivity contribution >= 4 is 29.0 Å². The second kappa shape index (κ2) is 7.97. The van der Waals surface area contributed by atoms with E-state index in [1.165, 1.54) is 12.1 Å². The van der Waals surface area contributed by atoms with Gasteiger partial charge < -0.3 is 15.1 Å². The van der Waals surface area contributed by atoms with E-state index in [2.05, 4.69) is 27.1 Å². The highest BCUT2D eigenvalue weighted by molar-refractivity contribution is 6.31. The molecule has 1 fully saturated rings. The molecule has 1 saturated heterocycles. The molecule has 1 N–H and O–H groups in total. The molecule has 2 aromatic rings. The maximum absolute atomic E-state index is 13.3. The van der Waals surface area contributed by atoms with Gasteiger partial charge in [0, 0.05) is 37.9 Å². The summed E-state index contributed by atoms with van der Waals surface area (Å²) in [5.41, 5.74) is 0.933. The zero-order chi connectivity index (χ0) is 18.7. The number of rotatable bonds is 4. The fourth-order valence-corrected chi connectivity index (χ4v) is 3.07. The SMILES string of the molecule is CCN1CCN(C(=O)c2cc(Nc3ccc(F)c(Cl)c3)nc(C)n2)CC1. The Balaban J connectivity index is 1.76. The van der Waals surface area contributed by atoms with Gasteiger partial charge >= 0.3 is 0 Å². The molecule has 0 bridgehead atoms. The van der Waals surface area contributed by atoms with Crippen LogP contribution in [0, 0.1) is 12.7 Å². The Hall–Kier alpha value is -2.25. The van der Waals surface area contributed by atoms with Crippen LogP contribution in [0.1, 0.15) is 23.2 Å². The average molecular weight is 378 g/mol. The zero-order valence-electron chi connectivity index (χ0n) is 14.8. The lowest BCUT2D eigenvalue weighted by Gasteiger charge is -2.33. The number of hydrogen-bond donors (Lipinski definition) is 1. The van der Waals surface area contributed by atoms with E-state index in [0.717, 1.165) is 19.6 Å². The minimum absolute atomic E-state index is 0.0193. The number of hydrogen-bond acceptors (Lipinski definition) is 5. The van der Waals surface area contributed by atoms with E-state index in [4.69, 9.17) is 11.6 Å². The number of nitrogens with zero attached hydrogens (tertiary/aromatic N) is 4. The fraction of sp³-hybridized carbons (Fsp3) is 0.389. The van der Waals surface area contributed by atoms with Gasteiger partial charge in [0.25, 0.3) is 5.91 Å². The predicted molar refractivity (Wildman–Crippen MR) is 99.5 cm³/mol. The third kappa shape index (κ3) is 4.28. The standard InChI is InChI=1S/C18H21ClFN5O/c1-3-24-6-8-25(9-7-24)18(26)16-11-17(22-12(2)21-16)23-13-4-5-15(20)14(19)10-13/h4-5,10-11H,3,6-9H2,1-2H3,(H,21,22,23). The molecule has 0 spiro atoms. The van der Waals surface area contributed by atoms with Gasteiger partial charge in [-0.1, -0.05) is 18.5 Å². The highest BCUT2D eigenvalue weighted by atomic mass is 35.5. The molecule has 1 amide bonds. The number of piperazine rings is 1. The topological polar surface area (TPSA) is 61.4 Å². The highest BCUT2D eigenvalue weighted by Gasteiger charge is 2.23. The number of anilines is 2. The molecule has 1 aliphatic rings. The van der Waals surface area contributed by atoms with Gasteiger partial charge in [-0.25, -0.2) is 14.4 Å². The first-order valence-corrected chi connectivity index (χ1v) is 8.93. The van der Waals surface area contributed by atoms with Crippen LogP contribution in [0.5, 0.6) is 0 Å². The van der Waals surface area contributed by atoms with Gasteiger partial charge in [0.15, 0.2) is 0 Å². The molecule has 1 aliphatic heterocycles. The molecule has 8 heteroatoms. The Morgan fingerprint density at radius 2 is 1.96 bits per heavy atom. The summed E-state index contributed by atoms with van der Waals surface area (Å²) in [5.74, 6) is 0.360. The molecule has 6 nitrogen and oxygen atoms in total. The van der Waals surface area contributed by atoms with Crippen molar-refractivity contribution in [3.8, 4) is 0 Å². The van der Waals surface area contributed by atoms with Crippen LogP contribution in [0.2, 0.25) is 5.02 Å². The van der Waals surface area contributed by atoms with Gasteiger partial charge in [-0.05, 0) is 31.7 Å². The number of aromatic nitrogens is 2. The van der Waals surface area contributed by atoms with Crippen LogP contribution in [0.25, 0.3) is 0 Å². The van der Waals surface area contributed by atoms with Gasteiger partial charge in [0.2, 0.25) is 0 Å². The highest BCUT2D eigenvalue weighted by Crippen LogP contribution is 2.22. The lowest BCUT2D eigenvalue weighted by Crippen LogP contribution is -2.48. The summed E-state index contributed by atoms with van der Waals surface area (Å²) in [7, 11) is 0. The number of likely N-dealkylation sites (N-methyl/N-ethyl adjacent to an activating group) is 1. The van der Waals surface area contributed by atoms with Crippen LogP contribution in [-0.4, -0.2) is 58.4 Å². The Morgan fingerprint density at radius 3 is 2.62 bits per heavy atom. The third-order valence-electron chi connectivity index (χ3n) is 4.36. The van der Waals surface area contributed by atoms with Crippen LogP contribution in [-0.2, 0) is 0 Å².